The van der Waals surface area contributed by atoms with E-state index < -0.39 is 0 Å². The van der Waals surface area contributed by atoms with E-state index in [0.29, 0.717) is 6.04 Å². The number of azide groups is 1. The van der Waals surface area contributed by atoms with Crippen LogP contribution in [0.15, 0.2) is 5.11 Å². The number of nitrogens with two attached hydrogens (primary N) is 1. The average Bonchev–Trinajstić information content (AvgIpc) is 1.95. The van der Waals surface area contributed by atoms with E-state index in [4.69, 9.17) is 11.3 Å². The monoisotopic (exact) mass is 176 g/mol. The van der Waals surface area contributed by atoms with Crippen molar-refractivity contribution in [3.63, 3.8) is 0 Å². The normalized spacial score (nSPS) is 29.9. The van der Waals surface area contributed by atoms with Gasteiger partial charge in [0, 0.05) is 17.0 Å². The molecule has 0 aromatic carbocycles. The minimum Gasteiger partial charge on any atom is -0.328 e. The Bertz CT molecular complexity index is 147. The molecule has 0 aromatic rings. The van der Waals surface area contributed by atoms with Gasteiger partial charge >= 0.3 is 0 Å². The van der Waals surface area contributed by atoms with Crippen LogP contribution in [0.1, 0.15) is 25.7 Å². The second-order valence-corrected chi connectivity index (χ2v) is 2.77. The predicted molar refractivity (Wildman–Crippen MR) is 46.6 cm³/mol. The Morgan fingerprint density at radius 3 is 2.27 bits per heavy atom. The van der Waals surface area contributed by atoms with Gasteiger partial charge in [-0.1, -0.05) is 5.11 Å². The Balaban J connectivity index is 0.000001000. The lowest BCUT2D eigenvalue weighted by molar-refractivity contribution is 0.394. The smallest absolute Gasteiger partial charge is 0.0375 e. The van der Waals surface area contributed by atoms with Crippen molar-refractivity contribution < 1.29 is 0 Å². The fourth-order valence-corrected chi connectivity index (χ4v) is 1.29. The predicted octanol–water partition coefficient (Wildman–Crippen LogP) is 1.99. The number of hydrogen-bond donors (Lipinski definition) is 1. The van der Waals surface area contributed by atoms with Crippen molar-refractivity contribution in [1.29, 1.82) is 0 Å². The van der Waals surface area contributed by atoms with Crippen molar-refractivity contribution >= 4 is 12.4 Å². The highest BCUT2D eigenvalue weighted by molar-refractivity contribution is 5.85. The highest BCUT2D eigenvalue weighted by Gasteiger charge is 2.16. The van der Waals surface area contributed by atoms with Gasteiger partial charge in [-0.15, -0.1) is 12.4 Å². The molecule has 0 spiro atoms. The van der Waals surface area contributed by atoms with Crippen molar-refractivity contribution in [2.45, 2.75) is 37.8 Å². The molecule has 11 heavy (non-hydrogen) atoms. The zero-order chi connectivity index (χ0) is 7.40. The van der Waals surface area contributed by atoms with Crippen molar-refractivity contribution in [1.82, 2.24) is 0 Å². The molecule has 1 aliphatic carbocycles. The van der Waals surface area contributed by atoms with E-state index in [1.54, 1.807) is 0 Å². The third-order valence-electron chi connectivity index (χ3n) is 1.96. The highest BCUT2D eigenvalue weighted by Crippen LogP contribution is 2.19. The summed E-state index contributed by atoms with van der Waals surface area (Å²) in [6.07, 6.45) is 3.93. The Morgan fingerprint density at radius 2 is 1.82 bits per heavy atom. The van der Waals surface area contributed by atoms with Gasteiger partial charge in [0.15, 0.2) is 0 Å². The minimum atomic E-state index is 0. The molecule has 0 bridgehead atoms. The van der Waals surface area contributed by atoms with Crippen LogP contribution in [0.3, 0.4) is 0 Å². The highest BCUT2D eigenvalue weighted by atomic mass is 35.5. The third-order valence-corrected chi connectivity index (χ3v) is 1.96. The molecule has 0 amide bonds. The van der Waals surface area contributed by atoms with Crippen LogP contribution < -0.4 is 5.73 Å². The van der Waals surface area contributed by atoms with Crippen LogP contribution in [0, 0.1) is 0 Å². The molecule has 1 aliphatic rings. The maximum atomic E-state index is 8.11. The third kappa shape index (κ3) is 3.46. The van der Waals surface area contributed by atoms with Crippen molar-refractivity contribution in [2.24, 2.45) is 10.8 Å². The van der Waals surface area contributed by atoms with E-state index in [9.17, 15) is 0 Å². The summed E-state index contributed by atoms with van der Waals surface area (Å²) < 4.78 is 0. The first-order valence-electron chi connectivity index (χ1n) is 3.62. The van der Waals surface area contributed by atoms with E-state index in [1.807, 2.05) is 0 Å². The Morgan fingerprint density at radius 1 is 1.27 bits per heavy atom. The topological polar surface area (TPSA) is 74.8 Å². The molecular weight excluding hydrogens is 164 g/mol. The summed E-state index contributed by atoms with van der Waals surface area (Å²) in [6, 6.07) is 0.551. The SMILES string of the molecule is Cl.[N-]=[N+]=N[C@H]1CC[C@H](N)CC1. The van der Waals surface area contributed by atoms with E-state index >= 15 is 0 Å². The van der Waals surface area contributed by atoms with Crippen molar-refractivity contribution in [2.75, 3.05) is 0 Å². The molecule has 0 atom stereocenters. The van der Waals surface area contributed by atoms with Gasteiger partial charge in [-0.3, -0.25) is 0 Å². The van der Waals surface area contributed by atoms with Crippen LogP contribution in [-0.2, 0) is 0 Å². The molecule has 64 valence electrons. The Labute approximate surface area is 72.2 Å². The zero-order valence-electron chi connectivity index (χ0n) is 6.31. The van der Waals surface area contributed by atoms with Gasteiger partial charge in [-0.05, 0) is 31.2 Å². The lowest BCUT2D eigenvalue weighted by Crippen LogP contribution is -2.27. The molecule has 1 saturated carbocycles. The molecule has 5 heteroatoms. The van der Waals surface area contributed by atoms with Gasteiger partial charge in [0.1, 0.15) is 0 Å². The average molecular weight is 177 g/mol. The molecule has 4 nitrogen and oxygen atoms in total. The Kier molecular flexibility index (Phi) is 5.03. The van der Waals surface area contributed by atoms with Crippen LogP contribution in [0.4, 0.5) is 0 Å². The summed E-state index contributed by atoms with van der Waals surface area (Å²) in [7, 11) is 0. The van der Waals surface area contributed by atoms with E-state index in [-0.39, 0.29) is 18.4 Å². The molecule has 2 N–H and O–H groups in total. The summed E-state index contributed by atoms with van der Waals surface area (Å²) in [5, 5.41) is 3.64. The molecule has 0 aliphatic heterocycles. The van der Waals surface area contributed by atoms with Crippen LogP contribution in [-0.4, -0.2) is 12.1 Å². The second-order valence-electron chi connectivity index (χ2n) is 2.77. The van der Waals surface area contributed by atoms with Crippen molar-refractivity contribution in [3.05, 3.63) is 10.4 Å². The first kappa shape index (κ1) is 10.6. The van der Waals surface area contributed by atoms with Gasteiger partial charge < -0.3 is 5.73 Å². The van der Waals surface area contributed by atoms with Crippen LogP contribution >= 0.6 is 12.4 Å². The molecule has 0 radical (unpaired) electrons. The van der Waals surface area contributed by atoms with Gasteiger partial charge in [0.2, 0.25) is 0 Å². The summed E-state index contributed by atoms with van der Waals surface area (Å²) >= 11 is 0. The summed E-state index contributed by atoms with van der Waals surface area (Å²) in [6.45, 7) is 0. The van der Waals surface area contributed by atoms with Crippen molar-refractivity contribution in [3.8, 4) is 0 Å². The van der Waals surface area contributed by atoms with E-state index in [2.05, 4.69) is 10.0 Å². The molecule has 0 heterocycles. The van der Waals surface area contributed by atoms with Crippen LogP contribution in [0.5, 0.6) is 0 Å². The Hall–Kier alpha value is -0.440. The molecule has 0 aromatic heterocycles. The lowest BCUT2D eigenvalue weighted by Gasteiger charge is -2.21. The maximum Gasteiger partial charge on any atom is 0.0375 e. The fraction of sp³-hybridized carbons (Fsp3) is 1.00. The number of nitrogens with zero attached hydrogens (tertiary/aromatic N) is 3. The summed E-state index contributed by atoms with van der Waals surface area (Å²) in [5.41, 5.74) is 13.8. The quantitative estimate of drug-likeness (QED) is 0.370. The zero-order valence-corrected chi connectivity index (χ0v) is 7.13. The molecular formula is C6H13ClN4. The summed E-state index contributed by atoms with van der Waals surface area (Å²) in [4.78, 5) is 2.77. The van der Waals surface area contributed by atoms with Gasteiger partial charge in [0.05, 0.1) is 0 Å². The lowest BCUT2D eigenvalue weighted by atomic mass is 9.92. The molecule has 0 unspecified atom stereocenters. The first-order valence-corrected chi connectivity index (χ1v) is 3.62. The van der Waals surface area contributed by atoms with Crippen LogP contribution in [0.2, 0.25) is 0 Å². The number of hydrogen-bond acceptors (Lipinski definition) is 2. The fourth-order valence-electron chi connectivity index (χ4n) is 1.29. The van der Waals surface area contributed by atoms with Gasteiger partial charge in [0.25, 0.3) is 0 Å². The minimum absolute atomic E-state index is 0. The maximum absolute atomic E-state index is 8.11. The second kappa shape index (κ2) is 5.24. The first-order chi connectivity index (χ1) is 4.83. The van der Waals surface area contributed by atoms with E-state index in [1.165, 1.54) is 0 Å². The number of halogens is 1. The molecule has 1 fully saturated rings. The standard InChI is InChI=1S/C6H12N4.ClH/c7-5-1-3-6(4-2-5)9-10-8;/h5-6H,1-4,7H2;1H/t5-,6-;. The number of rotatable bonds is 1. The van der Waals surface area contributed by atoms with Gasteiger partial charge in [-0.25, -0.2) is 0 Å². The van der Waals surface area contributed by atoms with Crippen LogP contribution in [0.25, 0.3) is 10.4 Å². The molecule has 0 saturated heterocycles. The summed E-state index contributed by atoms with van der Waals surface area (Å²) in [5.74, 6) is 0. The van der Waals surface area contributed by atoms with E-state index in [0.717, 1.165) is 25.7 Å². The van der Waals surface area contributed by atoms with Gasteiger partial charge in [-0.2, -0.15) is 0 Å². The largest absolute Gasteiger partial charge is 0.328 e. The molecule has 1 rings (SSSR count).